The molecule has 0 aliphatic heterocycles. The minimum absolute atomic E-state index is 0.130. The van der Waals surface area contributed by atoms with E-state index in [9.17, 15) is 8.78 Å². The van der Waals surface area contributed by atoms with Crippen LogP contribution < -0.4 is 10.1 Å². The number of benzene rings is 2. The number of halogens is 3. The van der Waals surface area contributed by atoms with Gasteiger partial charge in [0.1, 0.15) is 23.1 Å². The first-order chi connectivity index (χ1) is 9.60. The minimum atomic E-state index is -0.627. The molecule has 0 heterocycles. The lowest BCUT2D eigenvalue weighted by atomic mass is 10.2. The molecule has 0 bridgehead atoms. The van der Waals surface area contributed by atoms with Crippen LogP contribution >= 0.6 is 15.9 Å². The summed E-state index contributed by atoms with van der Waals surface area (Å²) in [7, 11) is 0. The van der Waals surface area contributed by atoms with Gasteiger partial charge in [0.05, 0.1) is 6.61 Å². The molecule has 0 amide bonds. The molecule has 5 heteroatoms. The van der Waals surface area contributed by atoms with Gasteiger partial charge >= 0.3 is 0 Å². The van der Waals surface area contributed by atoms with Crippen molar-refractivity contribution >= 4 is 21.6 Å². The van der Waals surface area contributed by atoms with Gasteiger partial charge in [-0.2, -0.15) is 0 Å². The first-order valence-corrected chi connectivity index (χ1v) is 6.99. The molecule has 0 aromatic heterocycles. The van der Waals surface area contributed by atoms with Crippen molar-refractivity contribution in [1.29, 1.82) is 0 Å². The fraction of sp³-hybridized carbons (Fsp3) is 0.200. The fourth-order valence-corrected chi connectivity index (χ4v) is 2.22. The van der Waals surface area contributed by atoms with Gasteiger partial charge in [0.2, 0.25) is 0 Å². The molecule has 0 aliphatic carbocycles. The Morgan fingerprint density at radius 3 is 2.50 bits per heavy atom. The van der Waals surface area contributed by atoms with Crippen LogP contribution in [0.1, 0.15) is 12.5 Å². The Labute approximate surface area is 124 Å². The van der Waals surface area contributed by atoms with E-state index >= 15 is 0 Å². The van der Waals surface area contributed by atoms with Crippen LogP contribution in [0.2, 0.25) is 0 Å². The lowest BCUT2D eigenvalue weighted by molar-refractivity contribution is 0.340. The van der Waals surface area contributed by atoms with Gasteiger partial charge in [-0.05, 0) is 36.8 Å². The number of anilines is 1. The third-order valence-electron chi connectivity index (χ3n) is 2.69. The van der Waals surface area contributed by atoms with E-state index in [0.29, 0.717) is 17.6 Å². The van der Waals surface area contributed by atoms with Gasteiger partial charge in [0, 0.05) is 11.0 Å². The zero-order valence-electron chi connectivity index (χ0n) is 10.9. The van der Waals surface area contributed by atoms with Crippen LogP contribution in [0.25, 0.3) is 0 Å². The largest absolute Gasteiger partial charge is 0.494 e. The Morgan fingerprint density at radius 1 is 1.15 bits per heavy atom. The summed E-state index contributed by atoms with van der Waals surface area (Å²) < 4.78 is 33.1. The third-order valence-corrected chi connectivity index (χ3v) is 3.14. The Hall–Kier alpha value is -1.62. The zero-order chi connectivity index (χ0) is 14.5. The smallest absolute Gasteiger partial charge is 0.150 e. The van der Waals surface area contributed by atoms with Crippen molar-refractivity contribution in [2.24, 2.45) is 0 Å². The van der Waals surface area contributed by atoms with Crippen molar-refractivity contribution in [1.82, 2.24) is 0 Å². The minimum Gasteiger partial charge on any atom is -0.494 e. The Balaban J connectivity index is 2.11. The molecule has 106 valence electrons. The molecule has 2 aromatic carbocycles. The quantitative estimate of drug-likeness (QED) is 0.848. The highest BCUT2D eigenvalue weighted by molar-refractivity contribution is 9.10. The van der Waals surface area contributed by atoms with E-state index in [1.165, 1.54) is 12.1 Å². The van der Waals surface area contributed by atoms with Crippen LogP contribution in [0, 0.1) is 11.6 Å². The Morgan fingerprint density at radius 2 is 1.85 bits per heavy atom. The van der Waals surface area contributed by atoms with Crippen molar-refractivity contribution in [2.75, 3.05) is 11.9 Å². The molecule has 0 saturated heterocycles. The van der Waals surface area contributed by atoms with Gasteiger partial charge in [-0.1, -0.05) is 28.1 Å². The molecule has 2 rings (SSSR count). The second-order valence-corrected chi connectivity index (χ2v) is 5.09. The maximum Gasteiger partial charge on any atom is 0.150 e. The van der Waals surface area contributed by atoms with Crippen LogP contribution in [0.5, 0.6) is 5.75 Å². The average Bonchev–Trinajstić information content (AvgIpc) is 2.38. The Kier molecular flexibility index (Phi) is 4.95. The molecular formula is C15H14BrF2NO. The van der Waals surface area contributed by atoms with Crippen molar-refractivity contribution in [3.05, 3.63) is 58.1 Å². The Bertz CT molecular complexity index is 581. The lowest BCUT2D eigenvalue weighted by Crippen LogP contribution is -2.04. The second kappa shape index (κ2) is 6.70. The molecule has 1 N–H and O–H groups in total. The van der Waals surface area contributed by atoms with Gasteiger partial charge < -0.3 is 10.1 Å². The van der Waals surface area contributed by atoms with Crippen LogP contribution in [0.4, 0.5) is 14.5 Å². The molecule has 0 aliphatic rings. The summed E-state index contributed by atoms with van der Waals surface area (Å²) in [5, 5.41) is 2.77. The monoisotopic (exact) mass is 341 g/mol. The molecule has 0 radical (unpaired) electrons. The lowest BCUT2D eigenvalue weighted by Gasteiger charge is -2.10. The summed E-state index contributed by atoms with van der Waals surface area (Å²) in [5.74, 6) is -0.515. The summed E-state index contributed by atoms with van der Waals surface area (Å²) in [6.07, 6.45) is 0. The summed E-state index contributed by atoms with van der Waals surface area (Å²) in [5.41, 5.74) is 0.757. The van der Waals surface area contributed by atoms with E-state index in [4.69, 9.17) is 4.74 Å². The molecule has 0 unspecified atom stereocenters. The van der Waals surface area contributed by atoms with E-state index in [1.807, 2.05) is 31.2 Å². The number of nitrogens with one attached hydrogen (secondary N) is 1. The van der Waals surface area contributed by atoms with Gasteiger partial charge in [0.25, 0.3) is 0 Å². The van der Waals surface area contributed by atoms with Gasteiger partial charge in [-0.3, -0.25) is 0 Å². The predicted molar refractivity (Wildman–Crippen MR) is 79.0 cm³/mol. The number of hydrogen-bond acceptors (Lipinski definition) is 2. The van der Waals surface area contributed by atoms with E-state index in [2.05, 4.69) is 21.2 Å². The van der Waals surface area contributed by atoms with E-state index in [0.717, 1.165) is 11.3 Å². The molecule has 2 nitrogen and oxygen atoms in total. The maximum absolute atomic E-state index is 13.7. The van der Waals surface area contributed by atoms with Crippen molar-refractivity contribution < 1.29 is 13.5 Å². The highest BCUT2D eigenvalue weighted by Gasteiger charge is 2.10. The van der Waals surface area contributed by atoms with E-state index in [-0.39, 0.29) is 5.69 Å². The van der Waals surface area contributed by atoms with Crippen molar-refractivity contribution in [3.8, 4) is 5.75 Å². The van der Waals surface area contributed by atoms with Gasteiger partial charge in [0.15, 0.2) is 0 Å². The standard InChI is InChI=1S/C15H14BrF2NO/c1-2-20-12-5-3-4-10(6-12)9-19-15-13(17)7-11(16)8-14(15)18/h3-8,19H,2,9H2,1H3. The molecule has 0 fully saturated rings. The van der Waals surface area contributed by atoms with Gasteiger partial charge in [-0.25, -0.2) is 8.78 Å². The summed E-state index contributed by atoms with van der Waals surface area (Å²) >= 11 is 3.05. The second-order valence-electron chi connectivity index (χ2n) is 4.18. The molecule has 20 heavy (non-hydrogen) atoms. The zero-order valence-corrected chi connectivity index (χ0v) is 12.5. The van der Waals surface area contributed by atoms with E-state index < -0.39 is 11.6 Å². The maximum atomic E-state index is 13.7. The van der Waals surface area contributed by atoms with Crippen LogP contribution in [0.3, 0.4) is 0 Å². The highest BCUT2D eigenvalue weighted by Crippen LogP contribution is 2.24. The van der Waals surface area contributed by atoms with E-state index in [1.54, 1.807) is 0 Å². The van der Waals surface area contributed by atoms with Crippen LogP contribution in [-0.2, 0) is 6.54 Å². The number of ether oxygens (including phenoxy) is 1. The summed E-state index contributed by atoms with van der Waals surface area (Å²) in [4.78, 5) is 0. The topological polar surface area (TPSA) is 21.3 Å². The first kappa shape index (κ1) is 14.8. The SMILES string of the molecule is CCOc1cccc(CNc2c(F)cc(Br)cc2F)c1. The fourth-order valence-electron chi connectivity index (χ4n) is 1.81. The summed E-state index contributed by atoms with van der Waals surface area (Å²) in [6.45, 7) is 2.79. The van der Waals surface area contributed by atoms with Gasteiger partial charge in [-0.15, -0.1) is 0 Å². The molecule has 0 spiro atoms. The normalized spacial score (nSPS) is 10.4. The predicted octanol–water partition coefficient (Wildman–Crippen LogP) is 4.74. The average molecular weight is 342 g/mol. The molecule has 0 atom stereocenters. The van der Waals surface area contributed by atoms with Crippen molar-refractivity contribution in [2.45, 2.75) is 13.5 Å². The van der Waals surface area contributed by atoms with Crippen molar-refractivity contribution in [3.63, 3.8) is 0 Å². The molecule has 0 saturated carbocycles. The number of rotatable bonds is 5. The first-order valence-electron chi connectivity index (χ1n) is 6.20. The number of hydrogen-bond donors (Lipinski definition) is 1. The summed E-state index contributed by atoms with van der Waals surface area (Å²) in [6, 6.07) is 9.84. The third kappa shape index (κ3) is 3.70. The van der Waals surface area contributed by atoms with Crippen LogP contribution in [-0.4, -0.2) is 6.61 Å². The highest BCUT2D eigenvalue weighted by atomic mass is 79.9. The van der Waals surface area contributed by atoms with Crippen LogP contribution in [0.15, 0.2) is 40.9 Å². The molecule has 2 aromatic rings. The molecular weight excluding hydrogens is 328 g/mol.